The highest BCUT2D eigenvalue weighted by molar-refractivity contribution is 5.65. The number of hydrogen-bond acceptors (Lipinski definition) is 6. The molecular formula is C23H23N7. The molecule has 1 aliphatic rings. The molecule has 3 aromatic rings. The van der Waals surface area contributed by atoms with Gasteiger partial charge in [0.15, 0.2) is 0 Å². The molecule has 7 heteroatoms. The first kappa shape index (κ1) is 19.6. The molecule has 0 unspecified atom stereocenters. The zero-order chi connectivity index (χ0) is 20.8. The van der Waals surface area contributed by atoms with Gasteiger partial charge < -0.3 is 11.1 Å². The second-order valence-electron chi connectivity index (χ2n) is 7.19. The molecule has 4 rings (SSSR count). The van der Waals surface area contributed by atoms with Crippen molar-refractivity contribution in [3.05, 3.63) is 72.3 Å². The molecular weight excluding hydrogens is 374 g/mol. The first-order valence-electron chi connectivity index (χ1n) is 9.96. The molecule has 0 saturated carbocycles. The van der Waals surface area contributed by atoms with E-state index < -0.39 is 0 Å². The van der Waals surface area contributed by atoms with E-state index in [2.05, 4.69) is 26.6 Å². The molecule has 0 bridgehead atoms. The molecule has 7 nitrogen and oxygen atoms in total. The van der Waals surface area contributed by atoms with Crippen LogP contribution in [0.1, 0.15) is 30.0 Å². The molecule has 150 valence electrons. The number of H-pyrrole nitrogens is 1. The quantitative estimate of drug-likeness (QED) is 0.622. The van der Waals surface area contributed by atoms with Crippen LogP contribution in [0.4, 0.5) is 5.82 Å². The van der Waals surface area contributed by atoms with Gasteiger partial charge >= 0.3 is 0 Å². The smallest absolute Gasteiger partial charge is 0.137 e. The molecule has 1 saturated heterocycles. The van der Waals surface area contributed by atoms with Crippen LogP contribution in [0.15, 0.2) is 61.1 Å². The highest BCUT2D eigenvalue weighted by atomic mass is 15.1. The third-order valence-electron chi connectivity index (χ3n) is 5.26. The van der Waals surface area contributed by atoms with Crippen LogP contribution < -0.4 is 11.1 Å². The SMILES string of the molecule is N#Cc1c(C2CCNCC2)ncc(-c2ccc(-c3ccccc3)nc2)cn[nH]c1N. The van der Waals surface area contributed by atoms with Gasteiger partial charge in [-0.05, 0) is 32.0 Å². The molecule has 30 heavy (non-hydrogen) atoms. The highest BCUT2D eigenvalue weighted by Gasteiger charge is 2.20. The fourth-order valence-electron chi connectivity index (χ4n) is 3.62. The van der Waals surface area contributed by atoms with Crippen LogP contribution in [0.2, 0.25) is 0 Å². The number of hydrogen-bond donors (Lipinski definition) is 3. The highest BCUT2D eigenvalue weighted by Crippen LogP contribution is 2.27. The van der Waals surface area contributed by atoms with Gasteiger partial charge in [-0.15, -0.1) is 0 Å². The van der Waals surface area contributed by atoms with Gasteiger partial charge in [0.25, 0.3) is 0 Å². The summed E-state index contributed by atoms with van der Waals surface area (Å²) in [5.74, 6) is 0.397. The predicted molar refractivity (Wildman–Crippen MR) is 117 cm³/mol. The lowest BCUT2D eigenvalue weighted by molar-refractivity contribution is 0.453. The average Bonchev–Trinajstić information content (AvgIpc) is 2.89. The van der Waals surface area contributed by atoms with E-state index in [1.807, 2.05) is 42.5 Å². The predicted octanol–water partition coefficient (Wildman–Crippen LogP) is 3.58. The van der Waals surface area contributed by atoms with Gasteiger partial charge in [-0.1, -0.05) is 36.4 Å². The van der Waals surface area contributed by atoms with Crippen molar-refractivity contribution in [2.24, 2.45) is 0 Å². The molecule has 1 aliphatic heterocycles. The first-order valence-corrected chi connectivity index (χ1v) is 9.96. The largest absolute Gasteiger partial charge is 0.383 e. The van der Waals surface area contributed by atoms with Gasteiger partial charge in [-0.25, -0.2) is 0 Å². The number of nitriles is 1. The topological polar surface area (TPSA) is 116 Å². The summed E-state index contributed by atoms with van der Waals surface area (Å²) in [5.41, 5.74) is 10.8. The van der Waals surface area contributed by atoms with Gasteiger partial charge in [0.2, 0.25) is 0 Å². The Bertz CT molecular complexity index is 1090. The van der Waals surface area contributed by atoms with Crippen molar-refractivity contribution in [2.45, 2.75) is 18.8 Å². The minimum Gasteiger partial charge on any atom is -0.383 e. The van der Waals surface area contributed by atoms with E-state index in [-0.39, 0.29) is 11.7 Å². The second kappa shape index (κ2) is 9.16. The van der Waals surface area contributed by atoms with Crippen molar-refractivity contribution in [3.8, 4) is 28.5 Å². The van der Waals surface area contributed by atoms with Crippen LogP contribution in [0.3, 0.4) is 0 Å². The number of nitrogens with two attached hydrogens (primary N) is 1. The van der Waals surface area contributed by atoms with Gasteiger partial charge in [0.05, 0.1) is 17.6 Å². The molecule has 2 aromatic heterocycles. The van der Waals surface area contributed by atoms with Crippen LogP contribution in [-0.2, 0) is 0 Å². The van der Waals surface area contributed by atoms with Crippen molar-refractivity contribution in [3.63, 3.8) is 0 Å². The van der Waals surface area contributed by atoms with E-state index in [9.17, 15) is 5.26 Å². The van der Waals surface area contributed by atoms with Gasteiger partial charge in [0, 0.05) is 35.0 Å². The van der Waals surface area contributed by atoms with Crippen molar-refractivity contribution in [2.75, 3.05) is 18.8 Å². The Morgan fingerprint density at radius 2 is 1.67 bits per heavy atom. The number of pyridine rings is 1. The summed E-state index contributed by atoms with van der Waals surface area (Å²) in [4.78, 5) is 9.30. The molecule has 0 aliphatic carbocycles. The van der Waals surface area contributed by atoms with E-state index >= 15 is 0 Å². The fourth-order valence-corrected chi connectivity index (χ4v) is 3.62. The molecule has 1 aromatic carbocycles. The Hall–Kier alpha value is -3.76. The number of nitrogens with one attached hydrogen (secondary N) is 2. The molecule has 4 N–H and O–H groups in total. The van der Waals surface area contributed by atoms with Crippen molar-refractivity contribution >= 4 is 5.82 Å². The van der Waals surface area contributed by atoms with Gasteiger partial charge in [-0.3, -0.25) is 15.1 Å². The second-order valence-corrected chi connectivity index (χ2v) is 7.19. The number of aromatic amines is 1. The minimum absolute atomic E-state index is 0.176. The minimum atomic E-state index is 0.176. The maximum Gasteiger partial charge on any atom is 0.137 e. The van der Waals surface area contributed by atoms with Crippen molar-refractivity contribution in [1.82, 2.24) is 25.5 Å². The molecule has 0 amide bonds. The number of nitrogen functional groups attached to an aromatic ring is 1. The number of rotatable bonds is 3. The lowest BCUT2D eigenvalue weighted by Crippen LogP contribution is -2.27. The number of nitrogens with zero attached hydrogens (tertiary/aromatic N) is 4. The summed E-state index contributed by atoms with van der Waals surface area (Å²) in [6.07, 6.45) is 7.02. The van der Waals surface area contributed by atoms with E-state index in [4.69, 9.17) is 10.7 Å². The average molecular weight is 397 g/mol. The Morgan fingerprint density at radius 3 is 2.37 bits per heavy atom. The summed E-state index contributed by atoms with van der Waals surface area (Å²) in [6, 6.07) is 16.2. The van der Waals surface area contributed by atoms with Crippen molar-refractivity contribution in [1.29, 1.82) is 5.26 Å². The first-order chi connectivity index (χ1) is 14.8. The third-order valence-corrected chi connectivity index (χ3v) is 5.26. The molecule has 3 heterocycles. The Balaban J connectivity index is 1.76. The number of piperidine rings is 1. The lowest BCUT2D eigenvalue weighted by atomic mass is 9.92. The van der Waals surface area contributed by atoms with Crippen LogP contribution in [0.5, 0.6) is 0 Å². The summed E-state index contributed by atoms with van der Waals surface area (Å²) in [7, 11) is 0. The van der Waals surface area contributed by atoms with E-state index in [1.54, 1.807) is 18.6 Å². The number of aromatic nitrogens is 4. The molecule has 1 fully saturated rings. The van der Waals surface area contributed by atoms with Crippen molar-refractivity contribution < 1.29 is 0 Å². The standard InChI is InChI=1S/C23H23N7/c24-12-20-22(17-8-10-26-11-9-17)28-14-19(15-29-30-23(20)25)18-6-7-21(27-13-18)16-4-2-1-3-5-16/h1-7,13-15,17,26,30H,8-11,25H2. The fraction of sp³-hybridized carbons (Fsp3) is 0.217. The summed E-state index contributed by atoms with van der Waals surface area (Å²) in [5, 5.41) is 20.0. The molecule has 0 radical (unpaired) electrons. The maximum atomic E-state index is 9.69. The summed E-state index contributed by atoms with van der Waals surface area (Å²) < 4.78 is 0. The van der Waals surface area contributed by atoms with Crippen LogP contribution in [0.25, 0.3) is 22.4 Å². The van der Waals surface area contributed by atoms with E-state index in [0.29, 0.717) is 11.3 Å². The number of anilines is 1. The molecule has 0 atom stereocenters. The van der Waals surface area contributed by atoms with Gasteiger partial charge in [-0.2, -0.15) is 10.4 Å². The maximum absolute atomic E-state index is 9.69. The summed E-state index contributed by atoms with van der Waals surface area (Å²) >= 11 is 0. The van der Waals surface area contributed by atoms with Crippen LogP contribution in [0, 0.1) is 11.3 Å². The lowest BCUT2D eigenvalue weighted by Gasteiger charge is -2.22. The Kier molecular flexibility index (Phi) is 5.97. The zero-order valence-corrected chi connectivity index (χ0v) is 16.5. The number of benzene rings is 1. The van der Waals surface area contributed by atoms with E-state index in [1.165, 1.54) is 0 Å². The Morgan fingerprint density at radius 1 is 0.900 bits per heavy atom. The summed E-state index contributed by atoms with van der Waals surface area (Å²) in [6.45, 7) is 1.79. The van der Waals surface area contributed by atoms with E-state index in [0.717, 1.165) is 48.3 Å². The third kappa shape index (κ3) is 4.29. The zero-order valence-electron chi connectivity index (χ0n) is 16.5. The normalized spacial score (nSPS) is 14.0. The van der Waals surface area contributed by atoms with Gasteiger partial charge in [0.1, 0.15) is 17.5 Å². The monoisotopic (exact) mass is 397 g/mol. The van der Waals surface area contributed by atoms with Crippen LogP contribution in [-0.4, -0.2) is 33.3 Å². The van der Waals surface area contributed by atoms with Crippen LogP contribution >= 0.6 is 0 Å². The Labute approximate surface area is 175 Å². The molecule has 0 spiro atoms.